The van der Waals surface area contributed by atoms with Crippen LogP contribution in [0.1, 0.15) is 49.8 Å². The number of hydrogen-bond donors (Lipinski definition) is 1. The zero-order valence-electron chi connectivity index (χ0n) is 20.3. The van der Waals surface area contributed by atoms with Crippen LogP contribution in [0, 0.1) is 11.2 Å². The van der Waals surface area contributed by atoms with Gasteiger partial charge in [-0.15, -0.1) is 0 Å². The molecule has 182 valence electrons. The van der Waals surface area contributed by atoms with Gasteiger partial charge in [-0.2, -0.15) is 0 Å². The van der Waals surface area contributed by atoms with Crippen molar-refractivity contribution in [2.75, 3.05) is 7.11 Å². The Labute approximate surface area is 205 Å². The second kappa shape index (κ2) is 10.3. The van der Waals surface area contributed by atoms with E-state index in [4.69, 9.17) is 14.6 Å². The maximum absolute atomic E-state index is 14.9. The Morgan fingerprint density at radius 2 is 1.91 bits per heavy atom. The van der Waals surface area contributed by atoms with E-state index in [9.17, 15) is 9.18 Å². The summed E-state index contributed by atoms with van der Waals surface area (Å²) < 4.78 is 26.2. The van der Waals surface area contributed by atoms with Crippen LogP contribution in [0.3, 0.4) is 0 Å². The van der Waals surface area contributed by atoms with Gasteiger partial charge in [-0.1, -0.05) is 44.2 Å². The first-order chi connectivity index (χ1) is 16.8. The molecular weight excluding hydrogens is 445 g/mol. The molecule has 4 rings (SSSR count). The molecular formula is C29H30FNO4. The number of pyridine rings is 1. The molecule has 0 unspecified atom stereocenters. The highest BCUT2D eigenvalue weighted by Crippen LogP contribution is 2.47. The molecule has 0 spiro atoms. The number of carboxylic acids is 1. The number of aliphatic carboxylic acids is 1. The molecule has 1 aromatic heterocycles. The number of hydrogen-bond acceptors (Lipinski definition) is 4. The normalized spacial score (nSPS) is 14.5. The first kappa shape index (κ1) is 24.5. The van der Waals surface area contributed by atoms with Crippen molar-refractivity contribution in [2.24, 2.45) is 5.41 Å². The first-order valence-corrected chi connectivity index (χ1v) is 11.7. The molecule has 2 aromatic carbocycles. The Morgan fingerprint density at radius 3 is 2.63 bits per heavy atom. The molecule has 0 fully saturated rings. The third-order valence-electron chi connectivity index (χ3n) is 6.48. The van der Waals surface area contributed by atoms with Crippen LogP contribution < -0.4 is 9.47 Å². The van der Waals surface area contributed by atoms with Crippen LogP contribution in [-0.2, 0) is 17.8 Å². The fourth-order valence-corrected chi connectivity index (χ4v) is 4.55. The zero-order chi connectivity index (χ0) is 25.0. The van der Waals surface area contributed by atoms with Crippen molar-refractivity contribution in [3.05, 3.63) is 83.3 Å². The number of ether oxygens (including phenoxy) is 2. The molecule has 35 heavy (non-hydrogen) atoms. The van der Waals surface area contributed by atoms with E-state index in [2.05, 4.69) is 31.0 Å². The lowest BCUT2D eigenvalue weighted by molar-refractivity contribution is -0.136. The lowest BCUT2D eigenvalue weighted by Gasteiger charge is -2.25. The van der Waals surface area contributed by atoms with Crippen LogP contribution in [0.25, 0.3) is 16.7 Å². The van der Waals surface area contributed by atoms with Crippen molar-refractivity contribution in [2.45, 2.75) is 46.1 Å². The molecule has 3 aromatic rings. The third-order valence-corrected chi connectivity index (χ3v) is 6.48. The first-order valence-electron chi connectivity index (χ1n) is 11.7. The summed E-state index contributed by atoms with van der Waals surface area (Å²) in [6.45, 7) is 4.77. The summed E-state index contributed by atoms with van der Waals surface area (Å²) in [7, 11) is 1.52. The summed E-state index contributed by atoms with van der Waals surface area (Å²) in [4.78, 5) is 14.9. The number of nitrogens with zero attached hydrogens (tertiary/aromatic N) is 1. The van der Waals surface area contributed by atoms with Gasteiger partial charge in [-0.05, 0) is 70.7 Å². The second-order valence-corrected chi connectivity index (χ2v) is 9.46. The number of aromatic nitrogens is 1. The average Bonchev–Trinajstić information content (AvgIpc) is 3.20. The van der Waals surface area contributed by atoms with Crippen LogP contribution in [0.2, 0.25) is 0 Å². The number of allylic oxidation sites excluding steroid dienone is 2. The lowest BCUT2D eigenvalue weighted by atomic mass is 9.79. The number of rotatable bonds is 9. The highest BCUT2D eigenvalue weighted by molar-refractivity contribution is 5.85. The number of halogens is 1. The van der Waals surface area contributed by atoms with Gasteiger partial charge < -0.3 is 14.6 Å². The molecule has 0 bridgehead atoms. The predicted octanol–water partition coefficient (Wildman–Crippen LogP) is 6.70. The molecule has 1 N–H and O–H groups in total. The quantitative estimate of drug-likeness (QED) is 0.373. The molecule has 0 radical (unpaired) electrons. The molecule has 1 aliphatic rings. The predicted molar refractivity (Wildman–Crippen MR) is 134 cm³/mol. The van der Waals surface area contributed by atoms with Crippen molar-refractivity contribution in [3.63, 3.8) is 0 Å². The van der Waals surface area contributed by atoms with Gasteiger partial charge in [0.2, 0.25) is 5.88 Å². The SMILES string of the molecule is COc1cc(-c2ccc(COc3cccc(CCC(=O)O)c3)cc2C2=CCCC2(C)C)c(F)cn1. The molecule has 0 saturated carbocycles. The summed E-state index contributed by atoms with van der Waals surface area (Å²) in [5.41, 5.74) is 5.28. The second-order valence-electron chi connectivity index (χ2n) is 9.46. The Bertz CT molecular complexity index is 1270. The average molecular weight is 476 g/mol. The van der Waals surface area contributed by atoms with E-state index in [0.717, 1.165) is 35.1 Å². The van der Waals surface area contributed by atoms with E-state index in [1.54, 1.807) is 6.07 Å². The summed E-state index contributed by atoms with van der Waals surface area (Å²) in [6, 6.07) is 15.1. The molecule has 0 saturated heterocycles. The summed E-state index contributed by atoms with van der Waals surface area (Å²) >= 11 is 0. The molecule has 6 heteroatoms. The monoisotopic (exact) mass is 475 g/mol. The fraction of sp³-hybridized carbons (Fsp3) is 0.310. The van der Waals surface area contributed by atoms with Gasteiger partial charge in [0.15, 0.2) is 0 Å². The van der Waals surface area contributed by atoms with Gasteiger partial charge in [0.25, 0.3) is 0 Å². The largest absolute Gasteiger partial charge is 0.489 e. The van der Waals surface area contributed by atoms with Crippen LogP contribution >= 0.6 is 0 Å². The van der Waals surface area contributed by atoms with Crippen LogP contribution in [0.5, 0.6) is 11.6 Å². The number of methoxy groups -OCH3 is 1. The summed E-state index contributed by atoms with van der Waals surface area (Å²) in [5, 5.41) is 8.93. The Kier molecular flexibility index (Phi) is 7.20. The van der Waals surface area contributed by atoms with E-state index in [1.165, 1.54) is 18.9 Å². The minimum Gasteiger partial charge on any atom is -0.489 e. The van der Waals surface area contributed by atoms with Gasteiger partial charge >= 0.3 is 5.97 Å². The number of carbonyl (C=O) groups is 1. The van der Waals surface area contributed by atoms with Crippen LogP contribution in [0.15, 0.2) is 60.8 Å². The van der Waals surface area contributed by atoms with E-state index >= 15 is 0 Å². The number of benzene rings is 2. The van der Waals surface area contributed by atoms with E-state index in [-0.39, 0.29) is 11.8 Å². The van der Waals surface area contributed by atoms with Gasteiger partial charge in [0, 0.05) is 18.1 Å². The zero-order valence-corrected chi connectivity index (χ0v) is 20.3. The Morgan fingerprint density at radius 1 is 1.09 bits per heavy atom. The van der Waals surface area contributed by atoms with Crippen molar-refractivity contribution in [3.8, 4) is 22.8 Å². The van der Waals surface area contributed by atoms with E-state index in [1.807, 2.05) is 36.4 Å². The van der Waals surface area contributed by atoms with Crippen molar-refractivity contribution >= 4 is 11.5 Å². The molecule has 0 aliphatic heterocycles. The highest BCUT2D eigenvalue weighted by atomic mass is 19.1. The van der Waals surface area contributed by atoms with Crippen molar-refractivity contribution < 1.29 is 23.8 Å². The Hall–Kier alpha value is -3.67. The van der Waals surface area contributed by atoms with Gasteiger partial charge in [-0.3, -0.25) is 4.79 Å². The number of carboxylic acid groups (broad SMARTS) is 1. The van der Waals surface area contributed by atoms with Gasteiger partial charge in [0.05, 0.1) is 13.3 Å². The summed E-state index contributed by atoms with van der Waals surface area (Å²) in [6.07, 6.45) is 5.98. The van der Waals surface area contributed by atoms with Gasteiger partial charge in [-0.25, -0.2) is 9.37 Å². The fourth-order valence-electron chi connectivity index (χ4n) is 4.55. The van der Waals surface area contributed by atoms with Crippen LogP contribution in [-0.4, -0.2) is 23.2 Å². The van der Waals surface area contributed by atoms with E-state index in [0.29, 0.717) is 30.2 Å². The van der Waals surface area contributed by atoms with Crippen molar-refractivity contribution in [1.82, 2.24) is 4.98 Å². The third kappa shape index (κ3) is 5.70. The Balaban J connectivity index is 1.65. The maximum Gasteiger partial charge on any atom is 0.303 e. The molecule has 1 heterocycles. The molecule has 5 nitrogen and oxygen atoms in total. The van der Waals surface area contributed by atoms with Crippen molar-refractivity contribution in [1.29, 1.82) is 0 Å². The molecule has 0 atom stereocenters. The molecule has 0 amide bonds. The van der Waals surface area contributed by atoms with E-state index < -0.39 is 11.8 Å². The standard InChI is InChI=1S/C29H30FNO4/c1-29(2)13-5-8-25(29)23-15-20(9-11-22(23)24-16-27(34-3)31-17-26(24)30)18-35-21-7-4-6-19(14-21)10-12-28(32)33/h4,6-9,11,14-17H,5,10,12-13,18H2,1-3H3,(H,32,33). The minimum atomic E-state index is -0.823. The van der Waals surface area contributed by atoms with Crippen LogP contribution in [0.4, 0.5) is 4.39 Å². The highest BCUT2D eigenvalue weighted by Gasteiger charge is 2.30. The lowest BCUT2D eigenvalue weighted by Crippen LogP contribution is -2.10. The molecule has 1 aliphatic carbocycles. The maximum atomic E-state index is 14.9. The smallest absolute Gasteiger partial charge is 0.303 e. The number of aryl methyl sites for hydroxylation is 1. The topological polar surface area (TPSA) is 68.7 Å². The van der Waals surface area contributed by atoms with Gasteiger partial charge in [0.1, 0.15) is 18.2 Å². The minimum absolute atomic E-state index is 0.0275. The summed E-state index contributed by atoms with van der Waals surface area (Å²) in [5.74, 6) is -0.173.